The molecule has 2 unspecified atom stereocenters. The highest BCUT2D eigenvalue weighted by molar-refractivity contribution is 5.72. The second kappa shape index (κ2) is 6.25. The van der Waals surface area contributed by atoms with Crippen LogP contribution in [0.3, 0.4) is 0 Å². The molecule has 2 atom stereocenters. The van der Waals surface area contributed by atoms with Crippen molar-refractivity contribution in [3.63, 3.8) is 0 Å². The van der Waals surface area contributed by atoms with Crippen LogP contribution in [0.2, 0.25) is 0 Å². The fourth-order valence-corrected chi connectivity index (χ4v) is 1.55. The zero-order valence-corrected chi connectivity index (χ0v) is 10.2. The van der Waals surface area contributed by atoms with E-state index in [4.69, 9.17) is 15.6 Å². The van der Waals surface area contributed by atoms with Crippen LogP contribution in [0.25, 0.3) is 0 Å². The lowest BCUT2D eigenvalue weighted by Crippen LogP contribution is -2.25. The van der Waals surface area contributed by atoms with Crippen LogP contribution in [0, 0.1) is 0 Å². The lowest BCUT2D eigenvalue weighted by molar-refractivity contribution is -0.145. The molecule has 0 radical (unpaired) electrons. The van der Waals surface area contributed by atoms with Crippen molar-refractivity contribution in [1.29, 1.82) is 0 Å². The van der Waals surface area contributed by atoms with Gasteiger partial charge in [-0.2, -0.15) is 0 Å². The Hall–Kier alpha value is -1.55. The Morgan fingerprint density at radius 2 is 2.00 bits per heavy atom. The van der Waals surface area contributed by atoms with Crippen molar-refractivity contribution < 1.29 is 14.6 Å². The highest BCUT2D eigenvalue weighted by Gasteiger charge is 2.16. The highest BCUT2D eigenvalue weighted by atomic mass is 16.5. The van der Waals surface area contributed by atoms with E-state index in [1.807, 2.05) is 19.1 Å². The van der Waals surface area contributed by atoms with Crippen molar-refractivity contribution in [2.45, 2.75) is 38.8 Å². The molecule has 3 N–H and O–H groups in total. The van der Waals surface area contributed by atoms with E-state index in [1.165, 1.54) is 0 Å². The van der Waals surface area contributed by atoms with E-state index in [-0.39, 0.29) is 6.04 Å². The van der Waals surface area contributed by atoms with E-state index in [2.05, 4.69) is 0 Å². The van der Waals surface area contributed by atoms with Crippen LogP contribution in [-0.2, 0) is 11.2 Å². The first-order chi connectivity index (χ1) is 8.02. The van der Waals surface area contributed by atoms with Crippen LogP contribution in [0.1, 0.15) is 25.8 Å². The molecular formula is C13H19NO3. The van der Waals surface area contributed by atoms with Gasteiger partial charge >= 0.3 is 5.97 Å². The molecule has 0 aliphatic heterocycles. The first-order valence-electron chi connectivity index (χ1n) is 5.77. The van der Waals surface area contributed by atoms with Crippen LogP contribution < -0.4 is 10.5 Å². The Bertz CT molecular complexity index is 359. The maximum atomic E-state index is 10.8. The number of hydrogen-bond donors (Lipinski definition) is 2. The molecule has 94 valence electrons. The number of rotatable bonds is 6. The lowest BCUT2D eigenvalue weighted by Gasteiger charge is -2.13. The quantitative estimate of drug-likeness (QED) is 0.791. The molecule has 0 spiro atoms. The molecule has 0 amide bonds. The van der Waals surface area contributed by atoms with E-state index in [0.29, 0.717) is 12.2 Å². The van der Waals surface area contributed by atoms with Crippen molar-refractivity contribution in [3.8, 4) is 5.75 Å². The minimum atomic E-state index is -0.938. The fourth-order valence-electron chi connectivity index (χ4n) is 1.55. The van der Waals surface area contributed by atoms with Crippen molar-refractivity contribution in [3.05, 3.63) is 29.8 Å². The van der Waals surface area contributed by atoms with Gasteiger partial charge in [0.25, 0.3) is 0 Å². The van der Waals surface area contributed by atoms with Gasteiger partial charge in [0.2, 0.25) is 0 Å². The normalized spacial score (nSPS) is 14.1. The van der Waals surface area contributed by atoms with E-state index >= 15 is 0 Å². The summed E-state index contributed by atoms with van der Waals surface area (Å²) in [6, 6.07) is 7.50. The maximum Gasteiger partial charge on any atom is 0.344 e. The fraction of sp³-hybridized carbons (Fsp3) is 0.462. The molecule has 17 heavy (non-hydrogen) atoms. The van der Waals surface area contributed by atoms with Gasteiger partial charge in [0, 0.05) is 6.04 Å². The summed E-state index contributed by atoms with van der Waals surface area (Å²) in [7, 11) is 0. The number of benzene rings is 1. The SMILES string of the molecule is CCC(Oc1ccc(CC(C)N)cc1)C(=O)O. The molecule has 0 aromatic heterocycles. The topological polar surface area (TPSA) is 72.5 Å². The zero-order chi connectivity index (χ0) is 12.8. The number of aliphatic carboxylic acids is 1. The second-order valence-corrected chi connectivity index (χ2v) is 4.18. The van der Waals surface area contributed by atoms with Gasteiger partial charge in [-0.3, -0.25) is 0 Å². The average molecular weight is 237 g/mol. The maximum absolute atomic E-state index is 10.8. The van der Waals surface area contributed by atoms with E-state index in [1.54, 1.807) is 19.1 Å². The largest absolute Gasteiger partial charge is 0.479 e. The first kappa shape index (κ1) is 13.5. The number of carboxylic acid groups (broad SMARTS) is 1. The van der Waals surface area contributed by atoms with Crippen molar-refractivity contribution >= 4 is 5.97 Å². The van der Waals surface area contributed by atoms with Crippen LogP contribution in [0.4, 0.5) is 0 Å². The number of nitrogens with two attached hydrogens (primary N) is 1. The predicted molar refractivity (Wildman–Crippen MR) is 66.1 cm³/mol. The van der Waals surface area contributed by atoms with Gasteiger partial charge in [0.1, 0.15) is 5.75 Å². The van der Waals surface area contributed by atoms with Gasteiger partial charge in [0.15, 0.2) is 6.10 Å². The molecule has 1 aromatic rings. The zero-order valence-electron chi connectivity index (χ0n) is 10.2. The highest BCUT2D eigenvalue weighted by Crippen LogP contribution is 2.15. The molecule has 0 aliphatic rings. The molecule has 0 aliphatic carbocycles. The van der Waals surface area contributed by atoms with Crippen molar-refractivity contribution in [2.24, 2.45) is 5.73 Å². The van der Waals surface area contributed by atoms with Crippen LogP contribution >= 0.6 is 0 Å². The van der Waals surface area contributed by atoms with Crippen LogP contribution in [-0.4, -0.2) is 23.2 Å². The number of carbonyl (C=O) groups is 1. The summed E-state index contributed by atoms with van der Waals surface area (Å²) >= 11 is 0. The summed E-state index contributed by atoms with van der Waals surface area (Å²) in [6.07, 6.45) is 0.460. The Morgan fingerprint density at radius 3 is 2.41 bits per heavy atom. The lowest BCUT2D eigenvalue weighted by atomic mass is 10.1. The van der Waals surface area contributed by atoms with Gasteiger partial charge in [0.05, 0.1) is 0 Å². The molecule has 0 heterocycles. The van der Waals surface area contributed by atoms with Crippen molar-refractivity contribution in [2.75, 3.05) is 0 Å². The van der Waals surface area contributed by atoms with Gasteiger partial charge in [-0.15, -0.1) is 0 Å². The molecule has 4 heteroatoms. The molecule has 0 saturated heterocycles. The minimum absolute atomic E-state index is 0.115. The second-order valence-electron chi connectivity index (χ2n) is 4.18. The number of hydrogen-bond acceptors (Lipinski definition) is 3. The van der Waals surface area contributed by atoms with Gasteiger partial charge in [-0.25, -0.2) is 4.79 Å². The Morgan fingerprint density at radius 1 is 1.41 bits per heavy atom. The van der Waals surface area contributed by atoms with Crippen molar-refractivity contribution in [1.82, 2.24) is 0 Å². The summed E-state index contributed by atoms with van der Waals surface area (Å²) in [6.45, 7) is 3.73. The standard InChI is InChI=1S/C13H19NO3/c1-3-12(13(15)16)17-11-6-4-10(5-7-11)8-9(2)14/h4-7,9,12H,3,8,14H2,1-2H3,(H,15,16). The molecule has 0 saturated carbocycles. The van der Waals surface area contributed by atoms with Crippen LogP contribution in [0.15, 0.2) is 24.3 Å². The van der Waals surface area contributed by atoms with E-state index in [9.17, 15) is 4.79 Å². The molecule has 0 fully saturated rings. The van der Waals surface area contributed by atoms with Gasteiger partial charge < -0.3 is 15.6 Å². The molecular weight excluding hydrogens is 218 g/mol. The monoisotopic (exact) mass is 237 g/mol. The smallest absolute Gasteiger partial charge is 0.344 e. The molecule has 1 rings (SSSR count). The summed E-state index contributed by atoms with van der Waals surface area (Å²) in [5.74, 6) is -0.361. The average Bonchev–Trinajstić information content (AvgIpc) is 2.26. The van der Waals surface area contributed by atoms with Gasteiger partial charge in [-0.1, -0.05) is 19.1 Å². The summed E-state index contributed by atoms with van der Waals surface area (Å²) in [4.78, 5) is 10.8. The van der Waals surface area contributed by atoms with E-state index < -0.39 is 12.1 Å². The van der Waals surface area contributed by atoms with Gasteiger partial charge in [-0.05, 0) is 37.5 Å². The summed E-state index contributed by atoms with van der Waals surface area (Å²) < 4.78 is 5.35. The molecule has 4 nitrogen and oxygen atoms in total. The minimum Gasteiger partial charge on any atom is -0.479 e. The predicted octanol–water partition coefficient (Wildman–Crippen LogP) is 1.82. The molecule has 1 aromatic carbocycles. The first-order valence-corrected chi connectivity index (χ1v) is 5.77. The molecule has 0 bridgehead atoms. The third-order valence-corrected chi connectivity index (χ3v) is 2.41. The summed E-state index contributed by atoms with van der Waals surface area (Å²) in [5, 5.41) is 8.87. The Balaban J connectivity index is 2.64. The van der Waals surface area contributed by atoms with E-state index in [0.717, 1.165) is 12.0 Å². The summed E-state index contributed by atoms with van der Waals surface area (Å²) in [5.41, 5.74) is 6.82. The Kier molecular flexibility index (Phi) is 4.97. The Labute approximate surface area is 101 Å². The number of ether oxygens (including phenoxy) is 1. The third-order valence-electron chi connectivity index (χ3n) is 2.41. The number of carboxylic acids is 1. The van der Waals surface area contributed by atoms with Crippen LogP contribution in [0.5, 0.6) is 5.75 Å². The third kappa shape index (κ3) is 4.44.